The lowest BCUT2D eigenvalue weighted by Crippen LogP contribution is -2.40. The Bertz CT molecular complexity index is 249. The quantitative estimate of drug-likeness (QED) is 0.479. The van der Waals surface area contributed by atoms with Gasteiger partial charge in [0.2, 0.25) is 0 Å². The van der Waals surface area contributed by atoms with Gasteiger partial charge in [0.05, 0.1) is 0 Å². The number of carboxylic acids is 1. The zero-order valence-corrected chi connectivity index (χ0v) is 9.78. The van der Waals surface area contributed by atoms with Crippen molar-refractivity contribution in [1.82, 2.24) is 5.32 Å². The van der Waals surface area contributed by atoms with E-state index >= 15 is 0 Å². The lowest BCUT2D eigenvalue weighted by molar-refractivity contribution is -0.139. The summed E-state index contributed by atoms with van der Waals surface area (Å²) in [5, 5.41) is 11.6. The molecular weight excluding hydrogens is 221 g/mol. The van der Waals surface area contributed by atoms with Crippen molar-refractivity contribution in [3.05, 3.63) is 0 Å². The van der Waals surface area contributed by atoms with Gasteiger partial charge >= 0.3 is 13.6 Å². The predicted molar refractivity (Wildman–Crippen MR) is 55.8 cm³/mol. The summed E-state index contributed by atoms with van der Waals surface area (Å²) < 4.78 is 10.5. The van der Waals surface area contributed by atoms with Crippen LogP contribution in [0.4, 0.5) is 0 Å². The van der Waals surface area contributed by atoms with Gasteiger partial charge in [-0.3, -0.25) is 9.36 Å². The Morgan fingerprint density at radius 3 is 2.27 bits per heavy atom. The molecule has 0 aromatic carbocycles. The van der Waals surface area contributed by atoms with Crippen molar-refractivity contribution >= 4 is 13.6 Å². The van der Waals surface area contributed by atoms with E-state index < -0.39 is 19.6 Å². The van der Waals surface area contributed by atoms with Crippen molar-refractivity contribution < 1.29 is 24.3 Å². The van der Waals surface area contributed by atoms with E-state index in [1.54, 1.807) is 0 Å². The number of carbonyl (C=O) groups is 1. The van der Waals surface area contributed by atoms with Crippen LogP contribution in [0.5, 0.6) is 0 Å². The normalized spacial score (nSPS) is 14.2. The van der Waals surface area contributed by atoms with E-state index in [1.165, 1.54) is 0 Å². The van der Waals surface area contributed by atoms with Crippen molar-refractivity contribution in [2.24, 2.45) is 0 Å². The fraction of sp³-hybridized carbons (Fsp3) is 0.875. The topological polar surface area (TPSA) is 107 Å². The summed E-state index contributed by atoms with van der Waals surface area (Å²) in [6.45, 7) is 3.64. The van der Waals surface area contributed by atoms with E-state index in [-0.39, 0.29) is 25.0 Å². The standard InChI is InChI=1S/C8H18NO5P/c1-6(2)9-7(8(10)11)4-3-5-15(12,13)14/h6-7,9H,3-5H2,1-2H3,(H,10,11)(H2,12,13,14). The zero-order valence-electron chi connectivity index (χ0n) is 8.88. The van der Waals surface area contributed by atoms with Gasteiger partial charge in [-0.2, -0.15) is 0 Å². The molecule has 4 N–H and O–H groups in total. The molecule has 0 aliphatic heterocycles. The SMILES string of the molecule is CC(C)NC(CCCP(=O)(O)O)C(=O)O. The van der Waals surface area contributed by atoms with E-state index in [2.05, 4.69) is 5.32 Å². The molecule has 0 amide bonds. The molecule has 0 aliphatic rings. The fourth-order valence-electron chi connectivity index (χ4n) is 1.18. The molecule has 0 heterocycles. The van der Waals surface area contributed by atoms with Crippen LogP contribution >= 0.6 is 7.60 Å². The maximum absolute atomic E-state index is 10.7. The van der Waals surface area contributed by atoms with Crippen LogP contribution in [0.3, 0.4) is 0 Å². The first-order valence-electron chi connectivity index (χ1n) is 4.76. The predicted octanol–water partition coefficient (Wildman–Crippen LogP) is 0.395. The summed E-state index contributed by atoms with van der Waals surface area (Å²) in [7, 11) is -4.01. The van der Waals surface area contributed by atoms with Gasteiger partial charge in [-0.1, -0.05) is 13.8 Å². The first-order chi connectivity index (χ1) is 6.72. The Balaban J connectivity index is 3.98. The lowest BCUT2D eigenvalue weighted by atomic mass is 10.1. The molecule has 6 nitrogen and oxygen atoms in total. The van der Waals surface area contributed by atoms with Gasteiger partial charge in [-0.25, -0.2) is 0 Å². The van der Waals surface area contributed by atoms with Gasteiger partial charge in [-0.15, -0.1) is 0 Å². The fourth-order valence-corrected chi connectivity index (χ4v) is 1.78. The van der Waals surface area contributed by atoms with Gasteiger partial charge in [0.1, 0.15) is 6.04 Å². The second-order valence-corrected chi connectivity index (χ2v) is 5.52. The smallest absolute Gasteiger partial charge is 0.325 e. The molecule has 0 aliphatic carbocycles. The van der Waals surface area contributed by atoms with E-state index in [0.29, 0.717) is 0 Å². The molecule has 0 rings (SSSR count). The van der Waals surface area contributed by atoms with Gasteiger partial charge in [0.15, 0.2) is 0 Å². The third-order valence-corrected chi connectivity index (χ3v) is 2.67. The van der Waals surface area contributed by atoms with Gasteiger partial charge in [0, 0.05) is 12.2 Å². The Labute approximate surface area is 88.9 Å². The molecule has 0 bridgehead atoms. The lowest BCUT2D eigenvalue weighted by Gasteiger charge is -2.17. The monoisotopic (exact) mass is 239 g/mol. The summed E-state index contributed by atoms with van der Waals surface area (Å²) >= 11 is 0. The highest BCUT2D eigenvalue weighted by Gasteiger charge is 2.20. The number of aliphatic carboxylic acids is 1. The third-order valence-electron chi connectivity index (χ3n) is 1.77. The number of carboxylic acid groups (broad SMARTS) is 1. The molecule has 0 aromatic rings. The minimum Gasteiger partial charge on any atom is -0.480 e. The number of nitrogens with one attached hydrogen (secondary N) is 1. The molecular formula is C8H18NO5P. The van der Waals surface area contributed by atoms with E-state index in [1.807, 2.05) is 13.8 Å². The molecule has 0 fully saturated rings. The van der Waals surface area contributed by atoms with E-state index in [4.69, 9.17) is 14.9 Å². The number of hydrogen-bond acceptors (Lipinski definition) is 3. The molecule has 0 aromatic heterocycles. The Morgan fingerprint density at radius 1 is 1.40 bits per heavy atom. The average Bonchev–Trinajstić information content (AvgIpc) is 1.99. The summed E-state index contributed by atoms with van der Waals surface area (Å²) in [5.41, 5.74) is 0. The number of rotatable bonds is 7. The summed E-state index contributed by atoms with van der Waals surface area (Å²) in [5.74, 6) is -0.991. The minimum absolute atomic E-state index is 0.0288. The van der Waals surface area contributed by atoms with Crippen LogP contribution in [0.15, 0.2) is 0 Å². The Kier molecular flexibility index (Phi) is 6.05. The third kappa shape index (κ3) is 8.57. The highest BCUT2D eigenvalue weighted by atomic mass is 31.2. The molecule has 0 radical (unpaired) electrons. The molecule has 1 unspecified atom stereocenters. The summed E-state index contributed by atoms with van der Waals surface area (Å²) in [6.07, 6.45) is 0.149. The zero-order chi connectivity index (χ0) is 12.1. The van der Waals surface area contributed by atoms with Crippen LogP contribution in [-0.2, 0) is 9.36 Å². The van der Waals surface area contributed by atoms with Crippen molar-refractivity contribution in [3.8, 4) is 0 Å². The van der Waals surface area contributed by atoms with Crippen LogP contribution in [0, 0.1) is 0 Å². The molecule has 7 heteroatoms. The largest absolute Gasteiger partial charge is 0.480 e. The van der Waals surface area contributed by atoms with E-state index in [9.17, 15) is 9.36 Å². The van der Waals surface area contributed by atoms with Crippen molar-refractivity contribution in [3.63, 3.8) is 0 Å². The van der Waals surface area contributed by atoms with Gasteiger partial charge in [0.25, 0.3) is 0 Å². The van der Waals surface area contributed by atoms with Crippen LogP contribution in [-0.4, -0.2) is 39.1 Å². The maximum Gasteiger partial charge on any atom is 0.325 e. The molecule has 0 saturated heterocycles. The molecule has 1 atom stereocenters. The summed E-state index contributed by atoms with van der Waals surface area (Å²) in [4.78, 5) is 27.9. The maximum atomic E-state index is 10.7. The van der Waals surface area contributed by atoms with E-state index in [0.717, 1.165) is 0 Å². The van der Waals surface area contributed by atoms with Gasteiger partial charge in [-0.05, 0) is 12.8 Å². The van der Waals surface area contributed by atoms with Gasteiger partial charge < -0.3 is 20.2 Å². The Morgan fingerprint density at radius 2 is 1.93 bits per heavy atom. The minimum atomic E-state index is -4.01. The average molecular weight is 239 g/mol. The first kappa shape index (κ1) is 14.6. The second kappa shape index (κ2) is 6.23. The number of hydrogen-bond donors (Lipinski definition) is 4. The van der Waals surface area contributed by atoms with Crippen molar-refractivity contribution in [2.75, 3.05) is 6.16 Å². The first-order valence-corrected chi connectivity index (χ1v) is 6.55. The van der Waals surface area contributed by atoms with Crippen LogP contribution in [0.1, 0.15) is 26.7 Å². The van der Waals surface area contributed by atoms with Crippen LogP contribution in [0.2, 0.25) is 0 Å². The van der Waals surface area contributed by atoms with Crippen molar-refractivity contribution in [1.29, 1.82) is 0 Å². The summed E-state index contributed by atoms with van der Waals surface area (Å²) in [6, 6.07) is -0.710. The molecule has 0 saturated carbocycles. The van der Waals surface area contributed by atoms with Crippen LogP contribution < -0.4 is 5.32 Å². The highest BCUT2D eigenvalue weighted by molar-refractivity contribution is 7.51. The van der Waals surface area contributed by atoms with Crippen LogP contribution in [0.25, 0.3) is 0 Å². The van der Waals surface area contributed by atoms with Crippen molar-refractivity contribution in [2.45, 2.75) is 38.8 Å². The molecule has 15 heavy (non-hydrogen) atoms. The second-order valence-electron chi connectivity index (χ2n) is 3.74. The Hall–Kier alpha value is -0.420. The highest BCUT2D eigenvalue weighted by Crippen LogP contribution is 2.35. The molecule has 90 valence electrons. The molecule has 0 spiro atoms.